The van der Waals surface area contributed by atoms with Gasteiger partial charge in [-0.15, -0.1) is 0 Å². The summed E-state index contributed by atoms with van der Waals surface area (Å²) in [5.41, 5.74) is 5.38. The van der Waals surface area contributed by atoms with E-state index in [0.717, 1.165) is 35.5 Å². The SMILES string of the molecule is O=C(N[C@@H]1CNC[C@H]1c1ccccc1)c1ccccc1C1=NCC(c2ccc(F)cc2)=C1. The third-order valence-electron chi connectivity index (χ3n) is 6.15. The van der Waals surface area contributed by atoms with E-state index in [9.17, 15) is 9.18 Å². The molecule has 0 bridgehead atoms. The maximum atomic E-state index is 13.3. The molecule has 0 saturated carbocycles. The van der Waals surface area contributed by atoms with E-state index in [-0.39, 0.29) is 23.7 Å². The van der Waals surface area contributed by atoms with Crippen molar-refractivity contribution in [1.82, 2.24) is 10.6 Å². The summed E-state index contributed by atoms with van der Waals surface area (Å²) in [5.74, 6) is -0.117. The van der Waals surface area contributed by atoms with Crippen LogP contribution < -0.4 is 10.6 Å². The molecule has 5 rings (SSSR count). The third-order valence-corrected chi connectivity index (χ3v) is 6.15. The number of nitrogens with one attached hydrogen (secondary N) is 2. The van der Waals surface area contributed by atoms with Gasteiger partial charge in [-0.1, -0.05) is 60.7 Å². The van der Waals surface area contributed by atoms with Crippen LogP contribution in [0.5, 0.6) is 0 Å². The summed E-state index contributed by atoms with van der Waals surface area (Å²) >= 11 is 0. The van der Waals surface area contributed by atoms with Crippen molar-refractivity contribution in [1.29, 1.82) is 0 Å². The van der Waals surface area contributed by atoms with Crippen LogP contribution in [-0.4, -0.2) is 37.3 Å². The van der Waals surface area contributed by atoms with E-state index in [4.69, 9.17) is 0 Å². The second-order valence-electron chi connectivity index (χ2n) is 8.18. The molecule has 4 nitrogen and oxygen atoms in total. The summed E-state index contributed by atoms with van der Waals surface area (Å²) in [4.78, 5) is 17.9. The predicted molar refractivity (Wildman–Crippen MR) is 126 cm³/mol. The number of nitrogens with zero attached hydrogens (tertiary/aromatic N) is 1. The lowest BCUT2D eigenvalue weighted by Gasteiger charge is -2.21. The van der Waals surface area contributed by atoms with Gasteiger partial charge in [-0.25, -0.2) is 4.39 Å². The second kappa shape index (κ2) is 8.89. The lowest BCUT2D eigenvalue weighted by Crippen LogP contribution is -2.40. The zero-order valence-electron chi connectivity index (χ0n) is 17.6. The number of allylic oxidation sites excluding steroid dienone is 1. The lowest BCUT2D eigenvalue weighted by atomic mass is 9.93. The van der Waals surface area contributed by atoms with Crippen LogP contribution in [-0.2, 0) is 0 Å². The minimum atomic E-state index is -0.259. The molecule has 0 unspecified atom stereocenters. The van der Waals surface area contributed by atoms with E-state index >= 15 is 0 Å². The Bertz CT molecular complexity index is 1190. The van der Waals surface area contributed by atoms with Crippen LogP contribution in [0, 0.1) is 5.82 Å². The zero-order chi connectivity index (χ0) is 21.9. The summed E-state index contributed by atoms with van der Waals surface area (Å²) in [6, 6.07) is 24.3. The Morgan fingerprint density at radius 2 is 1.69 bits per heavy atom. The molecule has 160 valence electrons. The summed E-state index contributed by atoms with van der Waals surface area (Å²) in [7, 11) is 0. The highest BCUT2D eigenvalue weighted by atomic mass is 19.1. The van der Waals surface area contributed by atoms with Crippen molar-refractivity contribution >= 4 is 17.2 Å². The molecular weight excluding hydrogens is 401 g/mol. The fourth-order valence-corrected chi connectivity index (χ4v) is 4.46. The summed E-state index contributed by atoms with van der Waals surface area (Å²) in [6.45, 7) is 2.09. The Morgan fingerprint density at radius 3 is 2.50 bits per heavy atom. The van der Waals surface area contributed by atoms with E-state index < -0.39 is 0 Å². The molecule has 2 aliphatic heterocycles. The fraction of sp³-hybridized carbons (Fsp3) is 0.185. The van der Waals surface area contributed by atoms with Gasteiger partial charge in [0.2, 0.25) is 0 Å². The number of benzene rings is 3. The van der Waals surface area contributed by atoms with Gasteiger partial charge in [-0.2, -0.15) is 0 Å². The molecular formula is C27H24FN3O. The molecule has 32 heavy (non-hydrogen) atoms. The van der Waals surface area contributed by atoms with Gasteiger partial charge in [0.1, 0.15) is 5.82 Å². The third kappa shape index (κ3) is 4.12. The normalized spacial score (nSPS) is 20.0. The van der Waals surface area contributed by atoms with Crippen LogP contribution in [0.4, 0.5) is 4.39 Å². The van der Waals surface area contributed by atoms with Gasteiger partial charge in [0.15, 0.2) is 0 Å². The smallest absolute Gasteiger partial charge is 0.252 e. The predicted octanol–water partition coefficient (Wildman–Crippen LogP) is 4.20. The Morgan fingerprint density at radius 1 is 0.938 bits per heavy atom. The van der Waals surface area contributed by atoms with Crippen LogP contribution >= 0.6 is 0 Å². The van der Waals surface area contributed by atoms with Crippen LogP contribution in [0.3, 0.4) is 0 Å². The number of aliphatic imine (C=N–C) groups is 1. The van der Waals surface area contributed by atoms with Gasteiger partial charge in [-0.05, 0) is 41.0 Å². The first-order valence-electron chi connectivity index (χ1n) is 10.9. The largest absolute Gasteiger partial charge is 0.347 e. The minimum Gasteiger partial charge on any atom is -0.347 e. The van der Waals surface area contributed by atoms with Crippen molar-refractivity contribution in [2.75, 3.05) is 19.6 Å². The molecule has 0 aromatic heterocycles. The van der Waals surface area contributed by atoms with Gasteiger partial charge in [0, 0.05) is 36.2 Å². The Balaban J connectivity index is 1.37. The molecule has 0 spiro atoms. The summed E-state index contributed by atoms with van der Waals surface area (Å²) < 4.78 is 13.3. The molecule has 0 aliphatic carbocycles. The number of carbonyl (C=O) groups is 1. The highest BCUT2D eigenvalue weighted by Gasteiger charge is 2.30. The van der Waals surface area contributed by atoms with Crippen LogP contribution in [0.15, 0.2) is 89.9 Å². The first-order valence-corrected chi connectivity index (χ1v) is 10.9. The van der Waals surface area contributed by atoms with Crippen molar-refractivity contribution in [2.45, 2.75) is 12.0 Å². The Kier molecular flexibility index (Phi) is 5.65. The highest BCUT2D eigenvalue weighted by molar-refractivity contribution is 6.19. The molecule has 1 amide bonds. The van der Waals surface area contributed by atoms with E-state index in [2.05, 4.69) is 27.8 Å². The average molecular weight is 426 g/mol. The van der Waals surface area contributed by atoms with Crippen molar-refractivity contribution in [2.24, 2.45) is 4.99 Å². The maximum Gasteiger partial charge on any atom is 0.252 e. The summed E-state index contributed by atoms with van der Waals surface area (Å²) in [5, 5.41) is 6.64. The van der Waals surface area contributed by atoms with Gasteiger partial charge in [-0.3, -0.25) is 9.79 Å². The van der Waals surface area contributed by atoms with Gasteiger partial charge in [0.05, 0.1) is 12.3 Å². The van der Waals surface area contributed by atoms with E-state index in [1.54, 1.807) is 12.1 Å². The first-order chi connectivity index (χ1) is 15.7. The van der Waals surface area contributed by atoms with Crippen LogP contribution in [0.2, 0.25) is 0 Å². The van der Waals surface area contributed by atoms with E-state index in [1.807, 2.05) is 48.5 Å². The molecule has 5 heteroatoms. The molecule has 3 aromatic carbocycles. The van der Waals surface area contributed by atoms with Crippen molar-refractivity contribution in [3.05, 3.63) is 113 Å². The minimum absolute atomic E-state index is 0.0220. The van der Waals surface area contributed by atoms with Crippen molar-refractivity contribution < 1.29 is 9.18 Å². The molecule has 2 N–H and O–H groups in total. The maximum absolute atomic E-state index is 13.3. The number of hydrogen-bond donors (Lipinski definition) is 2. The quantitative estimate of drug-likeness (QED) is 0.644. The highest BCUT2D eigenvalue weighted by Crippen LogP contribution is 2.25. The topological polar surface area (TPSA) is 53.5 Å². The monoisotopic (exact) mass is 425 g/mol. The number of halogens is 1. The van der Waals surface area contributed by atoms with Crippen molar-refractivity contribution in [3.63, 3.8) is 0 Å². The number of amides is 1. The van der Waals surface area contributed by atoms with E-state index in [1.165, 1.54) is 17.7 Å². The number of hydrogen-bond acceptors (Lipinski definition) is 3. The molecule has 1 saturated heterocycles. The standard InChI is InChI=1S/C27H24FN3O/c28-21-12-10-18(11-13-21)20-14-25(30-15-20)22-8-4-5-9-23(22)27(32)31-26-17-29-16-24(26)19-6-2-1-3-7-19/h1-14,24,26,29H,15-17H2,(H,31,32)/t24-,26+/m0/s1. The number of carbonyl (C=O) groups excluding carboxylic acids is 1. The molecule has 2 heterocycles. The lowest BCUT2D eigenvalue weighted by molar-refractivity contribution is 0.0937. The Labute approximate surface area is 186 Å². The second-order valence-corrected chi connectivity index (χ2v) is 8.18. The van der Waals surface area contributed by atoms with Gasteiger partial charge < -0.3 is 10.6 Å². The molecule has 2 atom stereocenters. The fourth-order valence-electron chi connectivity index (χ4n) is 4.46. The van der Waals surface area contributed by atoms with Gasteiger partial charge >= 0.3 is 0 Å². The summed E-state index contributed by atoms with van der Waals surface area (Å²) in [6.07, 6.45) is 1.99. The Hall–Kier alpha value is -3.57. The van der Waals surface area contributed by atoms with Crippen LogP contribution in [0.25, 0.3) is 5.57 Å². The molecule has 1 fully saturated rings. The average Bonchev–Trinajstić information content (AvgIpc) is 3.50. The van der Waals surface area contributed by atoms with Crippen LogP contribution in [0.1, 0.15) is 33.0 Å². The first kappa shape index (κ1) is 20.3. The molecule has 3 aromatic rings. The number of rotatable bonds is 5. The van der Waals surface area contributed by atoms with Crippen molar-refractivity contribution in [3.8, 4) is 0 Å². The van der Waals surface area contributed by atoms with Gasteiger partial charge in [0.25, 0.3) is 5.91 Å². The van der Waals surface area contributed by atoms with E-state index in [0.29, 0.717) is 12.1 Å². The molecule has 0 radical (unpaired) electrons. The zero-order valence-corrected chi connectivity index (χ0v) is 17.6. The molecule has 2 aliphatic rings.